The lowest BCUT2D eigenvalue weighted by Crippen LogP contribution is -2.22. The largest absolute Gasteiger partial charge is 0.315 e. The van der Waals surface area contributed by atoms with Crippen LogP contribution in [0.3, 0.4) is 0 Å². The maximum Gasteiger partial charge on any atom is 0.00103 e. The summed E-state index contributed by atoms with van der Waals surface area (Å²) in [7, 11) is 0. The molecule has 0 spiro atoms. The summed E-state index contributed by atoms with van der Waals surface area (Å²) in [6, 6.07) is 0.653. The van der Waals surface area contributed by atoms with Gasteiger partial charge in [0, 0.05) is 7.47 Å². The molecule has 0 fully saturated rings. The van der Waals surface area contributed by atoms with E-state index in [2.05, 4.69) is 26.1 Å². The van der Waals surface area contributed by atoms with Crippen LogP contribution in [-0.4, -0.2) is 12.6 Å². The Balaban J connectivity index is 0. The lowest BCUT2D eigenvalue weighted by atomic mass is 10.4. The molecule has 1 nitrogen and oxygen atoms in total. The number of hydrogen-bond acceptors (Lipinski definition) is 1. The molecule has 0 aliphatic carbocycles. The summed E-state index contributed by atoms with van der Waals surface area (Å²) >= 11 is 0. The minimum atomic E-state index is 0. The minimum Gasteiger partial charge on any atom is -0.315 e. The van der Waals surface area contributed by atoms with E-state index < -0.39 is 0 Å². The molecule has 0 aliphatic heterocycles. The fourth-order valence-electron chi connectivity index (χ4n) is 0.433. The zero-order valence-corrected chi connectivity index (χ0v) is 5.49. The molecule has 46 valence electrons. The third-order valence-electron chi connectivity index (χ3n) is 0.803. The van der Waals surface area contributed by atoms with Crippen molar-refractivity contribution in [2.24, 2.45) is 0 Å². The van der Waals surface area contributed by atoms with E-state index in [0.29, 0.717) is 6.04 Å². The van der Waals surface area contributed by atoms with Crippen LogP contribution < -0.4 is 5.32 Å². The zero-order chi connectivity index (χ0) is 5.70. The predicted octanol–water partition coefficient (Wildman–Crippen LogP) is 1.64. The Bertz CT molecular complexity index is 37.5. The molecule has 0 rings (SSSR count). The second-order valence-corrected chi connectivity index (χ2v) is 2.11. The summed E-state index contributed by atoms with van der Waals surface area (Å²) in [6.07, 6.45) is 1.23. The highest BCUT2D eigenvalue weighted by Gasteiger charge is 1.85. The molecular formula is C6H17N. The van der Waals surface area contributed by atoms with Gasteiger partial charge in [0.1, 0.15) is 0 Å². The third kappa shape index (κ3) is 5.96. The fourth-order valence-corrected chi connectivity index (χ4v) is 0.433. The monoisotopic (exact) mass is 103 g/mol. The Kier molecular flexibility index (Phi) is 4.10. The van der Waals surface area contributed by atoms with Gasteiger partial charge in [0.2, 0.25) is 0 Å². The van der Waals surface area contributed by atoms with Gasteiger partial charge in [-0.3, -0.25) is 0 Å². The normalized spacial score (nSPS) is 10.3. The molecule has 1 N–H and O–H groups in total. The van der Waals surface area contributed by atoms with Crippen molar-refractivity contribution >= 4 is 0 Å². The summed E-state index contributed by atoms with van der Waals surface area (Å²) in [6.45, 7) is 7.65. The van der Waals surface area contributed by atoms with Gasteiger partial charge < -0.3 is 5.32 Å². The van der Waals surface area contributed by atoms with E-state index in [1.54, 1.807) is 0 Å². The van der Waals surface area contributed by atoms with E-state index in [1.165, 1.54) is 6.42 Å². The van der Waals surface area contributed by atoms with Crippen LogP contribution in [0.4, 0.5) is 0 Å². The lowest BCUT2D eigenvalue weighted by Gasteiger charge is -2.03. The molecule has 0 saturated carbocycles. The van der Waals surface area contributed by atoms with E-state index >= 15 is 0 Å². The fraction of sp³-hybridized carbons (Fsp3) is 1.00. The van der Waals surface area contributed by atoms with Gasteiger partial charge in [-0.25, -0.2) is 0 Å². The standard InChI is InChI=1S/C6H15N.H2/c1-4-5-7-6(2)3;/h6-7H,4-5H2,1-3H3;1H. The van der Waals surface area contributed by atoms with Crippen molar-refractivity contribution in [3.63, 3.8) is 0 Å². The molecule has 0 aromatic heterocycles. The highest BCUT2D eigenvalue weighted by molar-refractivity contribution is 4.48. The molecule has 0 aromatic rings. The SMILES string of the molecule is CCCNC(C)C.[HH]. The molecule has 0 saturated heterocycles. The van der Waals surface area contributed by atoms with Crippen LogP contribution in [0.2, 0.25) is 0 Å². The van der Waals surface area contributed by atoms with Gasteiger partial charge in [0.05, 0.1) is 0 Å². The molecule has 0 radical (unpaired) electrons. The van der Waals surface area contributed by atoms with Gasteiger partial charge in [0.25, 0.3) is 0 Å². The Morgan fingerprint density at radius 2 is 2.14 bits per heavy atom. The quantitative estimate of drug-likeness (QED) is 0.572. The van der Waals surface area contributed by atoms with Gasteiger partial charge in [0.15, 0.2) is 0 Å². The molecule has 7 heavy (non-hydrogen) atoms. The van der Waals surface area contributed by atoms with Crippen molar-refractivity contribution in [3.05, 3.63) is 0 Å². The topological polar surface area (TPSA) is 12.0 Å². The van der Waals surface area contributed by atoms with E-state index in [0.717, 1.165) is 6.54 Å². The van der Waals surface area contributed by atoms with Crippen LogP contribution >= 0.6 is 0 Å². The lowest BCUT2D eigenvalue weighted by molar-refractivity contribution is 0.584. The van der Waals surface area contributed by atoms with Crippen molar-refractivity contribution in [2.45, 2.75) is 33.2 Å². The Morgan fingerprint density at radius 1 is 1.57 bits per heavy atom. The Morgan fingerprint density at radius 3 is 2.29 bits per heavy atom. The molecule has 0 atom stereocenters. The van der Waals surface area contributed by atoms with Crippen LogP contribution in [0.25, 0.3) is 0 Å². The number of rotatable bonds is 3. The van der Waals surface area contributed by atoms with Gasteiger partial charge in [-0.05, 0) is 13.0 Å². The number of hydrogen-bond donors (Lipinski definition) is 1. The molecule has 0 unspecified atom stereocenters. The van der Waals surface area contributed by atoms with Gasteiger partial charge in [-0.2, -0.15) is 0 Å². The van der Waals surface area contributed by atoms with Gasteiger partial charge in [-0.1, -0.05) is 20.8 Å². The van der Waals surface area contributed by atoms with Crippen LogP contribution in [0.5, 0.6) is 0 Å². The Hall–Kier alpha value is -0.0400. The molecule has 0 aliphatic rings. The van der Waals surface area contributed by atoms with E-state index in [4.69, 9.17) is 0 Å². The second kappa shape index (κ2) is 4.13. The van der Waals surface area contributed by atoms with Crippen LogP contribution in [0.1, 0.15) is 28.6 Å². The van der Waals surface area contributed by atoms with Gasteiger partial charge in [-0.15, -0.1) is 0 Å². The van der Waals surface area contributed by atoms with Gasteiger partial charge >= 0.3 is 0 Å². The maximum absolute atomic E-state index is 3.30. The zero-order valence-electron chi connectivity index (χ0n) is 5.49. The first-order valence-electron chi connectivity index (χ1n) is 3.00. The minimum absolute atomic E-state index is 0. The summed E-state index contributed by atoms with van der Waals surface area (Å²) in [5.41, 5.74) is 0. The van der Waals surface area contributed by atoms with E-state index in [-0.39, 0.29) is 1.43 Å². The smallest absolute Gasteiger partial charge is 0.00103 e. The van der Waals surface area contributed by atoms with Crippen LogP contribution in [0, 0.1) is 0 Å². The van der Waals surface area contributed by atoms with Crippen molar-refractivity contribution in [1.29, 1.82) is 0 Å². The summed E-state index contributed by atoms with van der Waals surface area (Å²) in [5, 5.41) is 3.30. The predicted molar refractivity (Wildman–Crippen MR) is 35.5 cm³/mol. The average molecular weight is 103 g/mol. The Labute approximate surface area is 47.6 Å². The highest BCUT2D eigenvalue weighted by Crippen LogP contribution is 1.76. The second-order valence-electron chi connectivity index (χ2n) is 2.11. The van der Waals surface area contributed by atoms with Crippen molar-refractivity contribution in [1.82, 2.24) is 5.32 Å². The summed E-state index contributed by atoms with van der Waals surface area (Å²) < 4.78 is 0. The molecule has 0 bridgehead atoms. The first-order chi connectivity index (χ1) is 3.27. The van der Waals surface area contributed by atoms with Crippen molar-refractivity contribution < 1.29 is 1.43 Å². The van der Waals surface area contributed by atoms with Crippen molar-refractivity contribution in [3.8, 4) is 0 Å². The molecule has 0 amide bonds. The summed E-state index contributed by atoms with van der Waals surface area (Å²) in [4.78, 5) is 0. The summed E-state index contributed by atoms with van der Waals surface area (Å²) in [5.74, 6) is 0. The van der Waals surface area contributed by atoms with Crippen LogP contribution in [0.15, 0.2) is 0 Å². The molecule has 0 heterocycles. The van der Waals surface area contributed by atoms with E-state index in [9.17, 15) is 0 Å². The maximum atomic E-state index is 3.30. The molecule has 0 aromatic carbocycles. The first-order valence-corrected chi connectivity index (χ1v) is 3.00. The highest BCUT2D eigenvalue weighted by atomic mass is 14.9. The average Bonchev–Trinajstić information content (AvgIpc) is 1.61. The molecular weight excluding hydrogens is 86.1 g/mol. The third-order valence-corrected chi connectivity index (χ3v) is 0.803. The number of nitrogens with one attached hydrogen (secondary N) is 1. The molecule has 1 heteroatoms. The van der Waals surface area contributed by atoms with E-state index in [1.807, 2.05) is 0 Å². The first kappa shape index (κ1) is 6.96. The van der Waals surface area contributed by atoms with Crippen molar-refractivity contribution in [2.75, 3.05) is 6.54 Å². The van der Waals surface area contributed by atoms with Crippen LogP contribution in [-0.2, 0) is 0 Å².